The highest BCUT2D eigenvalue weighted by atomic mass is 35.5. The van der Waals surface area contributed by atoms with Gasteiger partial charge in [0.2, 0.25) is 0 Å². The van der Waals surface area contributed by atoms with Crippen LogP contribution in [0.5, 0.6) is 0 Å². The van der Waals surface area contributed by atoms with Gasteiger partial charge in [-0.15, -0.1) is 5.10 Å². The number of nitrogens with zero attached hydrogens (tertiary/aromatic N) is 4. The van der Waals surface area contributed by atoms with Crippen LogP contribution in [0.3, 0.4) is 0 Å². The highest BCUT2D eigenvalue weighted by Gasteiger charge is 2.17. The van der Waals surface area contributed by atoms with Crippen molar-refractivity contribution in [1.82, 2.24) is 20.0 Å². The summed E-state index contributed by atoms with van der Waals surface area (Å²) < 4.78 is 7.00. The van der Waals surface area contributed by atoms with E-state index in [1.54, 1.807) is 36.0 Å². The number of hydrogen-bond donors (Lipinski definition) is 1. The van der Waals surface area contributed by atoms with Crippen LogP contribution in [0.25, 0.3) is 11.5 Å². The maximum atomic E-state index is 12.1. The first kappa shape index (κ1) is 15.5. The lowest BCUT2D eigenvalue weighted by Gasteiger charge is -1.99. The lowest BCUT2D eigenvalue weighted by atomic mass is 10.2. The van der Waals surface area contributed by atoms with Crippen molar-refractivity contribution in [3.63, 3.8) is 0 Å². The summed E-state index contributed by atoms with van der Waals surface area (Å²) in [5, 5.41) is 15.1. The summed E-state index contributed by atoms with van der Waals surface area (Å²) in [4.78, 5) is 12.1. The lowest BCUT2D eigenvalue weighted by Crippen LogP contribution is -2.13. The zero-order chi connectivity index (χ0) is 16.6. The molecule has 118 valence electrons. The van der Waals surface area contributed by atoms with Crippen molar-refractivity contribution in [2.45, 2.75) is 6.92 Å². The number of carbonyl (C=O) groups excluding carboxylic acids is 1. The first-order valence-electron chi connectivity index (χ1n) is 6.55. The fourth-order valence-corrected chi connectivity index (χ4v) is 2.25. The van der Waals surface area contributed by atoms with Gasteiger partial charge in [0.15, 0.2) is 5.69 Å². The van der Waals surface area contributed by atoms with Crippen LogP contribution in [-0.4, -0.2) is 25.9 Å². The minimum absolute atomic E-state index is 0.0515. The lowest BCUT2D eigenvalue weighted by molar-refractivity contribution is 0.101. The van der Waals surface area contributed by atoms with Crippen molar-refractivity contribution in [2.24, 2.45) is 7.05 Å². The predicted octanol–water partition coefficient (Wildman–Crippen LogP) is 3.34. The van der Waals surface area contributed by atoms with Crippen LogP contribution < -0.4 is 5.32 Å². The van der Waals surface area contributed by atoms with E-state index in [-0.39, 0.29) is 17.6 Å². The second-order valence-corrected chi connectivity index (χ2v) is 5.63. The second-order valence-electron chi connectivity index (χ2n) is 4.79. The van der Waals surface area contributed by atoms with Crippen molar-refractivity contribution in [2.75, 3.05) is 5.32 Å². The van der Waals surface area contributed by atoms with Crippen molar-refractivity contribution in [1.29, 1.82) is 0 Å². The zero-order valence-corrected chi connectivity index (χ0v) is 13.7. The minimum atomic E-state index is -0.443. The number of hydrogen-bond acceptors (Lipinski definition) is 5. The van der Waals surface area contributed by atoms with Gasteiger partial charge < -0.3 is 4.42 Å². The molecule has 1 aromatic carbocycles. The van der Waals surface area contributed by atoms with Crippen LogP contribution in [0.1, 0.15) is 16.2 Å². The number of amides is 1. The molecule has 0 saturated carbocycles. The van der Waals surface area contributed by atoms with Crippen LogP contribution >= 0.6 is 23.2 Å². The topological polar surface area (TPSA) is 85.8 Å². The van der Waals surface area contributed by atoms with Gasteiger partial charge in [-0.25, -0.2) is 0 Å². The fourth-order valence-electron chi connectivity index (χ4n) is 1.88. The maximum Gasteiger partial charge on any atom is 0.322 e. The molecule has 0 aliphatic rings. The molecule has 0 aliphatic heterocycles. The average Bonchev–Trinajstić information content (AvgIpc) is 3.09. The molecule has 2 aromatic heterocycles. The molecule has 7 nitrogen and oxygen atoms in total. The number of aryl methyl sites for hydroxylation is 2. The number of anilines is 1. The van der Waals surface area contributed by atoms with Crippen molar-refractivity contribution in [3.05, 3.63) is 45.7 Å². The van der Waals surface area contributed by atoms with Crippen LogP contribution in [0, 0.1) is 6.92 Å². The predicted molar refractivity (Wildman–Crippen MR) is 85.7 cm³/mol. The number of carbonyl (C=O) groups is 1. The van der Waals surface area contributed by atoms with Gasteiger partial charge in [-0.05, 0) is 31.2 Å². The summed E-state index contributed by atoms with van der Waals surface area (Å²) in [7, 11) is 1.75. The van der Waals surface area contributed by atoms with E-state index in [0.29, 0.717) is 15.6 Å². The molecule has 1 N–H and O–H groups in total. The number of rotatable bonds is 3. The van der Waals surface area contributed by atoms with Gasteiger partial charge in [0, 0.05) is 17.8 Å². The van der Waals surface area contributed by atoms with Crippen molar-refractivity contribution in [3.8, 4) is 11.5 Å². The molecule has 0 fully saturated rings. The summed E-state index contributed by atoms with van der Waals surface area (Å²) in [6, 6.07) is 6.48. The highest BCUT2D eigenvalue weighted by Crippen LogP contribution is 2.30. The molecule has 3 rings (SSSR count). The average molecular weight is 352 g/mol. The Morgan fingerprint density at radius 3 is 2.74 bits per heavy atom. The number of nitrogens with one attached hydrogen (secondary N) is 1. The van der Waals surface area contributed by atoms with Crippen LogP contribution in [-0.2, 0) is 7.05 Å². The zero-order valence-electron chi connectivity index (χ0n) is 12.2. The molecule has 23 heavy (non-hydrogen) atoms. The van der Waals surface area contributed by atoms with Crippen molar-refractivity contribution < 1.29 is 9.21 Å². The molecule has 0 saturated heterocycles. The third-order valence-electron chi connectivity index (χ3n) is 3.15. The van der Waals surface area contributed by atoms with E-state index < -0.39 is 5.91 Å². The Morgan fingerprint density at radius 2 is 2.04 bits per heavy atom. The normalized spacial score (nSPS) is 10.8. The Labute approximate surface area is 141 Å². The largest absolute Gasteiger partial charge is 0.403 e. The van der Waals surface area contributed by atoms with E-state index in [0.717, 1.165) is 5.69 Å². The highest BCUT2D eigenvalue weighted by molar-refractivity contribution is 6.35. The molecule has 0 bridgehead atoms. The molecular weight excluding hydrogens is 341 g/mol. The summed E-state index contributed by atoms with van der Waals surface area (Å²) in [5.41, 5.74) is 1.60. The summed E-state index contributed by atoms with van der Waals surface area (Å²) in [6.45, 7) is 1.84. The standard InChI is InChI=1S/C14H11Cl2N5O2/c1-7-5-11(20-21(7)2)12(22)17-14-19-18-13(23-14)9-6-8(15)3-4-10(9)16/h3-6H,1-2H3,(H,17,19,22). The Bertz CT molecular complexity index is 868. The first-order valence-corrected chi connectivity index (χ1v) is 7.30. The molecule has 3 aromatic rings. The van der Waals surface area contributed by atoms with Gasteiger partial charge in [0.25, 0.3) is 11.8 Å². The van der Waals surface area contributed by atoms with E-state index in [9.17, 15) is 4.79 Å². The molecular formula is C14H11Cl2N5O2. The third-order valence-corrected chi connectivity index (χ3v) is 3.72. The molecule has 0 spiro atoms. The molecule has 9 heteroatoms. The van der Waals surface area contributed by atoms with E-state index in [1.807, 2.05) is 6.92 Å². The Kier molecular flexibility index (Phi) is 4.06. The SMILES string of the molecule is Cc1cc(C(=O)Nc2nnc(-c3cc(Cl)ccc3Cl)o2)nn1C. The van der Waals surface area contributed by atoms with E-state index in [4.69, 9.17) is 27.6 Å². The fraction of sp³-hybridized carbons (Fsp3) is 0.143. The summed E-state index contributed by atoms with van der Waals surface area (Å²) in [5.74, 6) is -0.286. The third kappa shape index (κ3) is 3.20. The number of benzene rings is 1. The first-order chi connectivity index (χ1) is 10.9. The van der Waals surface area contributed by atoms with Gasteiger partial charge in [-0.1, -0.05) is 28.3 Å². The molecule has 0 atom stereocenters. The molecule has 0 unspecified atom stereocenters. The Morgan fingerprint density at radius 1 is 1.26 bits per heavy atom. The number of aromatic nitrogens is 4. The van der Waals surface area contributed by atoms with Gasteiger partial charge in [0.1, 0.15) is 0 Å². The van der Waals surface area contributed by atoms with Crippen LogP contribution in [0.4, 0.5) is 6.01 Å². The van der Waals surface area contributed by atoms with Gasteiger partial charge >= 0.3 is 6.01 Å². The molecule has 0 aliphatic carbocycles. The van der Waals surface area contributed by atoms with Crippen molar-refractivity contribution >= 4 is 35.1 Å². The molecule has 1 amide bonds. The molecule has 2 heterocycles. The Hall–Kier alpha value is -2.38. The van der Waals surface area contributed by atoms with E-state index >= 15 is 0 Å². The van der Waals surface area contributed by atoms with Crippen LogP contribution in [0.2, 0.25) is 10.0 Å². The Balaban J connectivity index is 1.82. The maximum absolute atomic E-state index is 12.1. The van der Waals surface area contributed by atoms with E-state index in [2.05, 4.69) is 20.6 Å². The van der Waals surface area contributed by atoms with Crippen LogP contribution in [0.15, 0.2) is 28.7 Å². The number of halogens is 2. The molecule has 0 radical (unpaired) electrons. The monoisotopic (exact) mass is 351 g/mol. The van der Waals surface area contributed by atoms with Gasteiger partial charge in [-0.3, -0.25) is 14.8 Å². The summed E-state index contributed by atoms with van der Waals surface area (Å²) >= 11 is 12.0. The quantitative estimate of drug-likeness (QED) is 0.781. The minimum Gasteiger partial charge on any atom is -0.403 e. The smallest absolute Gasteiger partial charge is 0.322 e. The van der Waals surface area contributed by atoms with Gasteiger partial charge in [-0.2, -0.15) is 5.10 Å². The summed E-state index contributed by atoms with van der Waals surface area (Å²) in [6.07, 6.45) is 0. The van der Waals surface area contributed by atoms with E-state index in [1.165, 1.54) is 0 Å². The van der Waals surface area contributed by atoms with Gasteiger partial charge in [0.05, 0.1) is 10.6 Å². The second kappa shape index (κ2) is 6.02.